The van der Waals surface area contributed by atoms with E-state index in [-0.39, 0.29) is 11.8 Å². The van der Waals surface area contributed by atoms with Crippen LogP contribution in [0.25, 0.3) is 0 Å². The highest BCUT2D eigenvalue weighted by Crippen LogP contribution is 2.04. The highest BCUT2D eigenvalue weighted by molar-refractivity contribution is 5.93. The minimum atomic E-state index is -0.0357. The first-order chi connectivity index (χ1) is 5.75. The maximum absolute atomic E-state index is 11.2. The zero-order chi connectivity index (χ0) is 8.97. The Hall–Kier alpha value is -0.670. The van der Waals surface area contributed by atoms with Gasteiger partial charge < -0.3 is 4.74 Å². The van der Waals surface area contributed by atoms with E-state index in [2.05, 4.69) is 11.5 Å². The van der Waals surface area contributed by atoms with Gasteiger partial charge in [0.05, 0.1) is 19.3 Å². The first-order valence-electron chi connectivity index (χ1n) is 4.24. The SMILES string of the molecule is C=CC(=O)C(C)N1CCOCC1. The van der Waals surface area contributed by atoms with Crippen LogP contribution in [0.2, 0.25) is 0 Å². The Morgan fingerprint density at radius 2 is 2.17 bits per heavy atom. The fourth-order valence-corrected chi connectivity index (χ4v) is 1.32. The summed E-state index contributed by atoms with van der Waals surface area (Å²) in [5.74, 6) is 0.0944. The molecule has 1 fully saturated rings. The molecule has 0 bridgehead atoms. The second kappa shape index (κ2) is 4.38. The molecule has 1 aliphatic heterocycles. The molecule has 0 amide bonds. The van der Waals surface area contributed by atoms with E-state index in [1.165, 1.54) is 6.08 Å². The zero-order valence-electron chi connectivity index (χ0n) is 7.45. The third-order valence-corrected chi connectivity index (χ3v) is 2.21. The predicted octanol–water partition coefficient (Wildman–Crippen LogP) is 0.462. The highest BCUT2D eigenvalue weighted by Gasteiger charge is 2.20. The number of nitrogens with zero attached hydrogens (tertiary/aromatic N) is 1. The van der Waals surface area contributed by atoms with Gasteiger partial charge in [0.15, 0.2) is 5.78 Å². The molecular formula is C9H15NO2. The smallest absolute Gasteiger partial charge is 0.171 e. The van der Waals surface area contributed by atoms with Crippen molar-refractivity contribution in [2.75, 3.05) is 26.3 Å². The Bertz CT molecular complexity index is 173. The van der Waals surface area contributed by atoms with Crippen LogP contribution in [0.15, 0.2) is 12.7 Å². The van der Waals surface area contributed by atoms with E-state index in [0.29, 0.717) is 0 Å². The van der Waals surface area contributed by atoms with Gasteiger partial charge in [0.25, 0.3) is 0 Å². The number of morpholine rings is 1. The Kier molecular flexibility index (Phi) is 3.44. The number of rotatable bonds is 3. The summed E-state index contributed by atoms with van der Waals surface area (Å²) in [5, 5.41) is 0. The van der Waals surface area contributed by atoms with Gasteiger partial charge in [0.2, 0.25) is 0 Å². The molecule has 1 saturated heterocycles. The number of ether oxygens (including phenoxy) is 1. The summed E-state index contributed by atoms with van der Waals surface area (Å²) in [6, 6.07) is -0.0357. The average Bonchev–Trinajstić information content (AvgIpc) is 2.17. The zero-order valence-corrected chi connectivity index (χ0v) is 7.45. The van der Waals surface area contributed by atoms with E-state index in [1.807, 2.05) is 6.92 Å². The van der Waals surface area contributed by atoms with Crippen LogP contribution in [0.5, 0.6) is 0 Å². The van der Waals surface area contributed by atoms with Gasteiger partial charge in [-0.3, -0.25) is 9.69 Å². The quantitative estimate of drug-likeness (QED) is 0.575. The number of hydrogen-bond acceptors (Lipinski definition) is 3. The van der Waals surface area contributed by atoms with Gasteiger partial charge in [-0.1, -0.05) is 6.58 Å². The summed E-state index contributed by atoms with van der Waals surface area (Å²) in [7, 11) is 0. The van der Waals surface area contributed by atoms with E-state index < -0.39 is 0 Å². The monoisotopic (exact) mass is 169 g/mol. The molecule has 0 aromatic heterocycles. The number of carbonyl (C=O) groups is 1. The van der Waals surface area contributed by atoms with Crippen LogP contribution in [0.3, 0.4) is 0 Å². The molecule has 0 aromatic rings. The normalized spacial score (nSPS) is 21.8. The third-order valence-electron chi connectivity index (χ3n) is 2.21. The minimum Gasteiger partial charge on any atom is -0.379 e. The summed E-state index contributed by atoms with van der Waals surface area (Å²) in [4.78, 5) is 13.3. The van der Waals surface area contributed by atoms with Gasteiger partial charge >= 0.3 is 0 Å². The number of hydrogen-bond donors (Lipinski definition) is 0. The third kappa shape index (κ3) is 2.16. The minimum absolute atomic E-state index is 0.0357. The van der Waals surface area contributed by atoms with Crippen LogP contribution in [0.1, 0.15) is 6.92 Å². The maximum Gasteiger partial charge on any atom is 0.171 e. The standard InChI is InChI=1S/C9H15NO2/c1-3-9(11)8(2)10-4-6-12-7-5-10/h3,8H,1,4-7H2,2H3. The number of carbonyl (C=O) groups excluding carboxylic acids is 1. The van der Waals surface area contributed by atoms with Crippen molar-refractivity contribution in [3.05, 3.63) is 12.7 Å². The summed E-state index contributed by atoms with van der Waals surface area (Å²) in [6.45, 7) is 8.54. The largest absolute Gasteiger partial charge is 0.379 e. The maximum atomic E-state index is 11.2. The first kappa shape index (κ1) is 9.42. The second-order valence-electron chi connectivity index (χ2n) is 2.93. The molecule has 1 unspecified atom stereocenters. The highest BCUT2D eigenvalue weighted by atomic mass is 16.5. The van der Waals surface area contributed by atoms with Crippen LogP contribution < -0.4 is 0 Å². The predicted molar refractivity (Wildman–Crippen MR) is 47.1 cm³/mol. The lowest BCUT2D eigenvalue weighted by Gasteiger charge is -2.30. The lowest BCUT2D eigenvalue weighted by molar-refractivity contribution is -0.120. The van der Waals surface area contributed by atoms with Gasteiger partial charge in [-0.25, -0.2) is 0 Å². The molecule has 1 aliphatic rings. The molecule has 0 aromatic carbocycles. The Balaban J connectivity index is 2.44. The van der Waals surface area contributed by atoms with Crippen molar-refractivity contribution >= 4 is 5.78 Å². The van der Waals surface area contributed by atoms with Crippen LogP contribution in [0.4, 0.5) is 0 Å². The molecule has 0 saturated carbocycles. The summed E-state index contributed by atoms with van der Waals surface area (Å²) in [6.07, 6.45) is 1.39. The molecule has 0 radical (unpaired) electrons. The van der Waals surface area contributed by atoms with Gasteiger partial charge in [-0.2, -0.15) is 0 Å². The first-order valence-corrected chi connectivity index (χ1v) is 4.24. The Labute approximate surface area is 73.0 Å². The molecule has 3 nitrogen and oxygen atoms in total. The van der Waals surface area contributed by atoms with Crippen molar-refractivity contribution < 1.29 is 9.53 Å². The summed E-state index contributed by atoms with van der Waals surface area (Å²) >= 11 is 0. The molecule has 0 spiro atoms. The number of ketones is 1. The van der Waals surface area contributed by atoms with Gasteiger partial charge in [-0.15, -0.1) is 0 Å². The van der Waals surface area contributed by atoms with E-state index >= 15 is 0 Å². The van der Waals surface area contributed by atoms with Crippen molar-refractivity contribution in [3.8, 4) is 0 Å². The van der Waals surface area contributed by atoms with E-state index in [9.17, 15) is 4.79 Å². The van der Waals surface area contributed by atoms with Crippen molar-refractivity contribution in [1.29, 1.82) is 0 Å². The van der Waals surface area contributed by atoms with Crippen molar-refractivity contribution in [2.45, 2.75) is 13.0 Å². The van der Waals surface area contributed by atoms with Crippen molar-refractivity contribution in [1.82, 2.24) is 4.90 Å². The van der Waals surface area contributed by atoms with Gasteiger partial charge in [0.1, 0.15) is 0 Å². The molecule has 1 heterocycles. The molecule has 68 valence electrons. The van der Waals surface area contributed by atoms with Crippen LogP contribution >= 0.6 is 0 Å². The second-order valence-corrected chi connectivity index (χ2v) is 2.93. The summed E-state index contributed by atoms with van der Waals surface area (Å²) < 4.78 is 5.18. The molecule has 1 atom stereocenters. The van der Waals surface area contributed by atoms with Gasteiger partial charge in [0, 0.05) is 13.1 Å². The van der Waals surface area contributed by atoms with Crippen LogP contribution in [-0.4, -0.2) is 43.0 Å². The lowest BCUT2D eigenvalue weighted by Crippen LogP contribution is -2.45. The fourth-order valence-electron chi connectivity index (χ4n) is 1.32. The molecular weight excluding hydrogens is 154 g/mol. The Morgan fingerprint density at radius 3 is 2.67 bits per heavy atom. The van der Waals surface area contributed by atoms with Crippen molar-refractivity contribution in [2.24, 2.45) is 0 Å². The van der Waals surface area contributed by atoms with E-state index in [0.717, 1.165) is 26.3 Å². The van der Waals surface area contributed by atoms with Crippen LogP contribution in [-0.2, 0) is 9.53 Å². The van der Waals surface area contributed by atoms with E-state index in [1.54, 1.807) is 0 Å². The molecule has 0 N–H and O–H groups in total. The molecule has 0 aliphatic carbocycles. The molecule has 12 heavy (non-hydrogen) atoms. The summed E-state index contributed by atoms with van der Waals surface area (Å²) in [5.41, 5.74) is 0. The van der Waals surface area contributed by atoms with Crippen LogP contribution in [0, 0.1) is 0 Å². The van der Waals surface area contributed by atoms with Gasteiger partial charge in [-0.05, 0) is 13.0 Å². The topological polar surface area (TPSA) is 29.5 Å². The van der Waals surface area contributed by atoms with E-state index in [4.69, 9.17) is 4.74 Å². The molecule has 1 rings (SSSR count). The fraction of sp³-hybridized carbons (Fsp3) is 0.667. The van der Waals surface area contributed by atoms with Crippen molar-refractivity contribution in [3.63, 3.8) is 0 Å². The Morgan fingerprint density at radius 1 is 1.58 bits per heavy atom. The average molecular weight is 169 g/mol. The molecule has 3 heteroatoms. The lowest BCUT2D eigenvalue weighted by atomic mass is 10.1.